The maximum atomic E-state index is 12.0. The largest absolute Gasteiger partial charge is 0.327 e. The van der Waals surface area contributed by atoms with Crippen molar-refractivity contribution in [2.24, 2.45) is 11.7 Å². The van der Waals surface area contributed by atoms with Crippen LogP contribution >= 0.6 is 0 Å². The zero-order chi connectivity index (χ0) is 12.1. The van der Waals surface area contributed by atoms with Crippen LogP contribution in [0.4, 0.5) is 5.95 Å². The van der Waals surface area contributed by atoms with Crippen LogP contribution in [0.15, 0.2) is 12.4 Å². The molecule has 3 N–H and O–H groups in total. The molecule has 2 unspecified atom stereocenters. The average Bonchev–Trinajstić information content (AvgIpc) is 2.55. The van der Waals surface area contributed by atoms with E-state index in [1.807, 2.05) is 0 Å². The number of anilines is 1. The summed E-state index contributed by atoms with van der Waals surface area (Å²) in [5.74, 6) is 0.0163. The van der Waals surface area contributed by atoms with Gasteiger partial charge >= 0.3 is 0 Å². The van der Waals surface area contributed by atoms with Gasteiger partial charge in [0.2, 0.25) is 11.9 Å². The Morgan fingerprint density at radius 2 is 2.12 bits per heavy atom. The summed E-state index contributed by atoms with van der Waals surface area (Å²) < 4.78 is 0. The molecule has 0 aromatic carbocycles. The van der Waals surface area contributed by atoms with Gasteiger partial charge < -0.3 is 5.73 Å². The SMILES string of the molecule is NC1CCCCCC1C(=O)Nc1nccnn1. The van der Waals surface area contributed by atoms with E-state index in [0.717, 1.165) is 32.1 Å². The molecule has 0 bridgehead atoms. The van der Waals surface area contributed by atoms with Gasteiger partial charge in [0.05, 0.1) is 18.3 Å². The van der Waals surface area contributed by atoms with Crippen LogP contribution in [0, 0.1) is 5.92 Å². The third-order valence-corrected chi connectivity index (χ3v) is 3.12. The third kappa shape index (κ3) is 3.20. The molecule has 1 fully saturated rings. The van der Waals surface area contributed by atoms with Gasteiger partial charge in [-0.15, -0.1) is 5.10 Å². The topological polar surface area (TPSA) is 93.8 Å². The van der Waals surface area contributed by atoms with Gasteiger partial charge in [-0.2, -0.15) is 5.10 Å². The predicted octanol–water partition coefficient (Wildman–Crippen LogP) is 0.718. The van der Waals surface area contributed by atoms with Crippen molar-refractivity contribution < 1.29 is 4.79 Å². The molecule has 1 heterocycles. The smallest absolute Gasteiger partial charge is 0.249 e. The van der Waals surface area contributed by atoms with Crippen LogP contribution in [0.3, 0.4) is 0 Å². The van der Waals surface area contributed by atoms with Crippen molar-refractivity contribution in [2.45, 2.75) is 38.1 Å². The Morgan fingerprint density at radius 3 is 2.88 bits per heavy atom. The van der Waals surface area contributed by atoms with E-state index >= 15 is 0 Å². The quantitative estimate of drug-likeness (QED) is 0.736. The van der Waals surface area contributed by atoms with Crippen LogP contribution in [0.1, 0.15) is 32.1 Å². The first-order chi connectivity index (χ1) is 8.27. The molecule has 0 aliphatic heterocycles. The lowest BCUT2D eigenvalue weighted by Gasteiger charge is -2.19. The number of hydrogen-bond acceptors (Lipinski definition) is 5. The number of nitrogens with two attached hydrogens (primary N) is 1. The Bertz CT molecular complexity index is 369. The van der Waals surface area contributed by atoms with Gasteiger partial charge in [-0.05, 0) is 12.8 Å². The predicted molar refractivity (Wildman–Crippen MR) is 63.0 cm³/mol. The number of hydrogen-bond donors (Lipinski definition) is 2. The van der Waals surface area contributed by atoms with Crippen LogP contribution in [-0.2, 0) is 4.79 Å². The van der Waals surface area contributed by atoms with E-state index in [0.29, 0.717) is 0 Å². The summed E-state index contributed by atoms with van der Waals surface area (Å²) in [5, 5.41) is 10.1. The lowest BCUT2D eigenvalue weighted by Crippen LogP contribution is -2.38. The van der Waals surface area contributed by atoms with E-state index in [-0.39, 0.29) is 23.8 Å². The van der Waals surface area contributed by atoms with Crippen molar-refractivity contribution in [2.75, 3.05) is 5.32 Å². The second kappa shape index (κ2) is 5.67. The number of amides is 1. The first kappa shape index (κ1) is 11.9. The molecule has 0 saturated heterocycles. The summed E-state index contributed by atoms with van der Waals surface area (Å²) in [5.41, 5.74) is 6.02. The number of nitrogens with zero attached hydrogens (tertiary/aromatic N) is 3. The van der Waals surface area contributed by atoms with Crippen molar-refractivity contribution in [3.8, 4) is 0 Å². The van der Waals surface area contributed by atoms with E-state index in [9.17, 15) is 4.79 Å². The van der Waals surface area contributed by atoms with Crippen molar-refractivity contribution >= 4 is 11.9 Å². The second-order valence-corrected chi connectivity index (χ2v) is 4.36. The number of carbonyl (C=O) groups excluding carboxylic acids is 1. The first-order valence-electron chi connectivity index (χ1n) is 5.97. The number of carbonyl (C=O) groups is 1. The fourth-order valence-electron chi connectivity index (χ4n) is 2.17. The van der Waals surface area contributed by atoms with Crippen LogP contribution < -0.4 is 11.1 Å². The lowest BCUT2D eigenvalue weighted by atomic mass is 9.95. The summed E-state index contributed by atoms with van der Waals surface area (Å²) in [6.07, 6.45) is 8.02. The number of nitrogens with one attached hydrogen (secondary N) is 1. The average molecular weight is 235 g/mol. The Hall–Kier alpha value is -1.56. The van der Waals surface area contributed by atoms with Gasteiger partial charge in [0.15, 0.2) is 0 Å². The summed E-state index contributed by atoms with van der Waals surface area (Å²) in [6, 6.07) is -0.0610. The fourth-order valence-corrected chi connectivity index (χ4v) is 2.17. The van der Waals surface area contributed by atoms with E-state index in [1.54, 1.807) is 0 Å². The molecule has 0 radical (unpaired) electrons. The maximum absolute atomic E-state index is 12.0. The van der Waals surface area contributed by atoms with Crippen molar-refractivity contribution in [1.29, 1.82) is 0 Å². The Labute approximate surface area is 100 Å². The van der Waals surface area contributed by atoms with Gasteiger partial charge in [-0.1, -0.05) is 19.3 Å². The number of aromatic nitrogens is 3. The minimum absolute atomic E-state index is 0.0610. The van der Waals surface area contributed by atoms with Gasteiger partial charge in [0.1, 0.15) is 0 Å². The molecule has 1 aliphatic rings. The molecule has 6 heteroatoms. The van der Waals surface area contributed by atoms with Crippen LogP contribution in [0.25, 0.3) is 0 Å². The van der Waals surface area contributed by atoms with E-state index in [2.05, 4.69) is 20.5 Å². The zero-order valence-electron chi connectivity index (χ0n) is 9.67. The van der Waals surface area contributed by atoms with E-state index < -0.39 is 0 Å². The monoisotopic (exact) mass is 235 g/mol. The van der Waals surface area contributed by atoms with Crippen LogP contribution in [0.5, 0.6) is 0 Å². The third-order valence-electron chi connectivity index (χ3n) is 3.12. The molecule has 17 heavy (non-hydrogen) atoms. The zero-order valence-corrected chi connectivity index (χ0v) is 9.67. The highest BCUT2D eigenvalue weighted by atomic mass is 16.2. The maximum Gasteiger partial charge on any atom is 0.249 e. The molecule has 1 amide bonds. The molecular weight excluding hydrogens is 218 g/mol. The molecule has 2 atom stereocenters. The van der Waals surface area contributed by atoms with Crippen molar-refractivity contribution in [3.63, 3.8) is 0 Å². The first-order valence-corrected chi connectivity index (χ1v) is 5.97. The number of rotatable bonds is 2. The summed E-state index contributed by atoms with van der Waals surface area (Å²) >= 11 is 0. The van der Waals surface area contributed by atoms with Crippen LogP contribution in [-0.4, -0.2) is 27.1 Å². The highest BCUT2D eigenvalue weighted by Gasteiger charge is 2.27. The molecule has 92 valence electrons. The highest BCUT2D eigenvalue weighted by molar-refractivity contribution is 5.91. The molecule has 1 saturated carbocycles. The molecule has 6 nitrogen and oxygen atoms in total. The molecule has 1 aromatic heterocycles. The lowest BCUT2D eigenvalue weighted by molar-refractivity contribution is -0.120. The second-order valence-electron chi connectivity index (χ2n) is 4.36. The molecule has 1 aliphatic carbocycles. The normalized spacial score (nSPS) is 25.0. The fraction of sp³-hybridized carbons (Fsp3) is 0.636. The summed E-state index contributed by atoms with van der Waals surface area (Å²) in [7, 11) is 0. The standard InChI is InChI=1S/C11H17N5O/c12-9-5-3-1-2-4-8(9)10(17)15-11-13-6-7-14-16-11/h6-9H,1-5,12H2,(H,13,15,16,17). The summed E-state index contributed by atoms with van der Waals surface area (Å²) in [6.45, 7) is 0. The van der Waals surface area contributed by atoms with Gasteiger partial charge in [0, 0.05) is 6.04 Å². The van der Waals surface area contributed by atoms with Gasteiger partial charge in [-0.25, -0.2) is 4.98 Å². The van der Waals surface area contributed by atoms with Gasteiger partial charge in [-0.3, -0.25) is 10.1 Å². The van der Waals surface area contributed by atoms with E-state index in [1.165, 1.54) is 12.4 Å². The van der Waals surface area contributed by atoms with Gasteiger partial charge in [0.25, 0.3) is 0 Å². The Balaban J connectivity index is 1.99. The Kier molecular flexibility index (Phi) is 3.98. The minimum Gasteiger partial charge on any atom is -0.327 e. The van der Waals surface area contributed by atoms with Crippen molar-refractivity contribution in [3.05, 3.63) is 12.4 Å². The van der Waals surface area contributed by atoms with Crippen molar-refractivity contribution in [1.82, 2.24) is 15.2 Å². The van der Waals surface area contributed by atoms with E-state index in [4.69, 9.17) is 5.73 Å². The molecular formula is C11H17N5O. The minimum atomic E-state index is -0.138. The highest BCUT2D eigenvalue weighted by Crippen LogP contribution is 2.23. The Morgan fingerprint density at radius 1 is 1.29 bits per heavy atom. The summed E-state index contributed by atoms with van der Waals surface area (Å²) in [4.78, 5) is 15.9. The molecule has 2 rings (SSSR count). The molecule has 0 spiro atoms. The van der Waals surface area contributed by atoms with Crippen LogP contribution in [0.2, 0.25) is 0 Å². The molecule has 1 aromatic rings.